The Morgan fingerprint density at radius 2 is 1.80 bits per heavy atom. The van der Waals surface area contributed by atoms with Gasteiger partial charge < -0.3 is 11.1 Å². The molecular formula is C16H27ClN2O. The van der Waals surface area contributed by atoms with Crippen LogP contribution in [0.4, 0.5) is 0 Å². The quantitative estimate of drug-likeness (QED) is 0.848. The summed E-state index contributed by atoms with van der Waals surface area (Å²) < 4.78 is 0. The van der Waals surface area contributed by atoms with Gasteiger partial charge in [-0.2, -0.15) is 0 Å². The lowest BCUT2D eigenvalue weighted by Crippen LogP contribution is -2.55. The van der Waals surface area contributed by atoms with Gasteiger partial charge in [-0.25, -0.2) is 0 Å². The first-order valence-electron chi connectivity index (χ1n) is 6.95. The fourth-order valence-electron chi connectivity index (χ4n) is 1.98. The van der Waals surface area contributed by atoms with E-state index < -0.39 is 0 Å². The lowest BCUT2D eigenvalue weighted by atomic mass is 9.88. The standard InChI is InChI=1S/C16H26N2O.ClH/c1-12(2)16(4,11-17)18-15(19)10-13(3)14-8-6-5-7-9-14;/h5-9,12-13H,10-11,17H2,1-4H3,(H,18,19);1H. The van der Waals surface area contributed by atoms with E-state index in [1.165, 1.54) is 5.56 Å². The topological polar surface area (TPSA) is 55.1 Å². The highest BCUT2D eigenvalue weighted by Crippen LogP contribution is 2.20. The number of nitrogens with one attached hydrogen (secondary N) is 1. The average Bonchev–Trinajstić information content (AvgIpc) is 2.39. The van der Waals surface area contributed by atoms with Crippen molar-refractivity contribution in [1.82, 2.24) is 5.32 Å². The van der Waals surface area contributed by atoms with E-state index in [9.17, 15) is 4.79 Å². The zero-order valence-corrected chi connectivity index (χ0v) is 13.7. The second-order valence-electron chi connectivity index (χ2n) is 5.84. The molecule has 3 nitrogen and oxygen atoms in total. The molecule has 0 bridgehead atoms. The minimum absolute atomic E-state index is 0. The van der Waals surface area contributed by atoms with Gasteiger partial charge in [0.25, 0.3) is 0 Å². The van der Waals surface area contributed by atoms with Crippen LogP contribution in [0.1, 0.15) is 45.6 Å². The number of hydrogen-bond donors (Lipinski definition) is 2. The van der Waals surface area contributed by atoms with Gasteiger partial charge in [0.2, 0.25) is 5.91 Å². The molecular weight excluding hydrogens is 272 g/mol. The van der Waals surface area contributed by atoms with Crippen molar-refractivity contribution in [2.45, 2.75) is 45.6 Å². The van der Waals surface area contributed by atoms with Crippen LogP contribution in [0.25, 0.3) is 0 Å². The molecule has 0 aliphatic heterocycles. The predicted molar refractivity (Wildman–Crippen MR) is 87.2 cm³/mol. The molecule has 0 aliphatic carbocycles. The van der Waals surface area contributed by atoms with Crippen LogP contribution >= 0.6 is 12.4 Å². The Kier molecular flexibility index (Phi) is 7.84. The molecule has 1 rings (SSSR count). The van der Waals surface area contributed by atoms with Crippen molar-refractivity contribution in [2.24, 2.45) is 11.7 Å². The van der Waals surface area contributed by atoms with Crippen LogP contribution in [0.2, 0.25) is 0 Å². The number of hydrogen-bond acceptors (Lipinski definition) is 2. The van der Waals surface area contributed by atoms with Crippen LogP contribution < -0.4 is 11.1 Å². The van der Waals surface area contributed by atoms with E-state index in [2.05, 4.69) is 38.2 Å². The molecule has 0 radical (unpaired) electrons. The highest BCUT2D eigenvalue weighted by molar-refractivity contribution is 5.85. The normalized spacial score (nSPS) is 15.1. The fourth-order valence-corrected chi connectivity index (χ4v) is 1.98. The predicted octanol–water partition coefficient (Wildman–Crippen LogP) is 3.09. The molecule has 0 saturated heterocycles. The van der Waals surface area contributed by atoms with Crippen molar-refractivity contribution in [3.63, 3.8) is 0 Å². The van der Waals surface area contributed by atoms with Crippen molar-refractivity contribution in [3.05, 3.63) is 35.9 Å². The molecule has 1 aromatic rings. The molecule has 0 saturated carbocycles. The molecule has 0 aromatic heterocycles. The number of halogens is 1. The Morgan fingerprint density at radius 3 is 2.25 bits per heavy atom. The lowest BCUT2D eigenvalue weighted by Gasteiger charge is -2.34. The van der Waals surface area contributed by atoms with Crippen molar-refractivity contribution in [2.75, 3.05) is 6.54 Å². The highest BCUT2D eigenvalue weighted by Gasteiger charge is 2.28. The lowest BCUT2D eigenvalue weighted by molar-refractivity contribution is -0.123. The number of rotatable bonds is 6. The fraction of sp³-hybridized carbons (Fsp3) is 0.562. The van der Waals surface area contributed by atoms with E-state index in [0.29, 0.717) is 18.9 Å². The van der Waals surface area contributed by atoms with Crippen LogP contribution in [0, 0.1) is 5.92 Å². The molecule has 3 N–H and O–H groups in total. The monoisotopic (exact) mass is 298 g/mol. The zero-order chi connectivity index (χ0) is 14.5. The first kappa shape index (κ1) is 18.9. The Labute approximate surface area is 128 Å². The minimum atomic E-state index is -0.326. The Balaban J connectivity index is 0.00000361. The molecule has 0 spiro atoms. The molecule has 0 heterocycles. The van der Waals surface area contributed by atoms with Crippen molar-refractivity contribution in [1.29, 1.82) is 0 Å². The highest BCUT2D eigenvalue weighted by atomic mass is 35.5. The van der Waals surface area contributed by atoms with E-state index in [1.54, 1.807) is 0 Å². The average molecular weight is 299 g/mol. The van der Waals surface area contributed by atoms with E-state index in [1.807, 2.05) is 25.1 Å². The summed E-state index contributed by atoms with van der Waals surface area (Å²) in [7, 11) is 0. The maximum absolute atomic E-state index is 12.1. The molecule has 1 amide bonds. The Bertz CT molecular complexity index is 408. The maximum atomic E-state index is 12.1. The molecule has 1 aromatic carbocycles. The zero-order valence-electron chi connectivity index (χ0n) is 12.8. The summed E-state index contributed by atoms with van der Waals surface area (Å²) in [5.74, 6) is 0.599. The molecule has 0 aliphatic rings. The molecule has 0 fully saturated rings. The number of nitrogens with two attached hydrogens (primary N) is 1. The smallest absolute Gasteiger partial charge is 0.221 e. The summed E-state index contributed by atoms with van der Waals surface area (Å²) in [6.45, 7) is 8.68. The third-order valence-electron chi connectivity index (χ3n) is 3.98. The largest absolute Gasteiger partial charge is 0.349 e. The molecule has 20 heavy (non-hydrogen) atoms. The van der Waals surface area contributed by atoms with Gasteiger partial charge in [0.15, 0.2) is 0 Å². The third kappa shape index (κ3) is 5.14. The number of carbonyl (C=O) groups excluding carboxylic acids is 1. The molecule has 114 valence electrons. The summed E-state index contributed by atoms with van der Waals surface area (Å²) in [6.07, 6.45) is 0.492. The second kappa shape index (κ2) is 8.28. The van der Waals surface area contributed by atoms with Gasteiger partial charge in [-0.05, 0) is 24.3 Å². The number of benzene rings is 1. The summed E-state index contributed by atoms with van der Waals surface area (Å²) in [6, 6.07) is 10.1. The summed E-state index contributed by atoms with van der Waals surface area (Å²) in [4.78, 5) is 12.1. The molecule has 2 atom stereocenters. The first-order valence-corrected chi connectivity index (χ1v) is 6.95. The van der Waals surface area contributed by atoms with Gasteiger partial charge in [-0.1, -0.05) is 51.1 Å². The van der Waals surface area contributed by atoms with Crippen LogP contribution in [-0.4, -0.2) is 18.0 Å². The summed E-state index contributed by atoms with van der Waals surface area (Å²) in [5.41, 5.74) is 6.65. The third-order valence-corrected chi connectivity index (χ3v) is 3.98. The van der Waals surface area contributed by atoms with Gasteiger partial charge in [0.1, 0.15) is 0 Å². The van der Waals surface area contributed by atoms with Crippen LogP contribution in [0.5, 0.6) is 0 Å². The Hall–Kier alpha value is -1.06. The SMILES string of the molecule is CC(CC(=O)NC(C)(CN)C(C)C)c1ccccc1.Cl. The number of amides is 1. The van der Waals surface area contributed by atoms with E-state index in [4.69, 9.17) is 5.73 Å². The minimum Gasteiger partial charge on any atom is -0.349 e. The molecule has 4 heteroatoms. The van der Waals surface area contributed by atoms with Crippen LogP contribution in [0.15, 0.2) is 30.3 Å². The van der Waals surface area contributed by atoms with Crippen molar-refractivity contribution in [3.8, 4) is 0 Å². The van der Waals surface area contributed by atoms with E-state index in [-0.39, 0.29) is 29.8 Å². The first-order chi connectivity index (χ1) is 8.89. The summed E-state index contributed by atoms with van der Waals surface area (Å²) >= 11 is 0. The van der Waals surface area contributed by atoms with Gasteiger partial charge in [-0.3, -0.25) is 4.79 Å². The van der Waals surface area contributed by atoms with Gasteiger partial charge >= 0.3 is 0 Å². The van der Waals surface area contributed by atoms with E-state index >= 15 is 0 Å². The maximum Gasteiger partial charge on any atom is 0.221 e. The van der Waals surface area contributed by atoms with Crippen LogP contribution in [0.3, 0.4) is 0 Å². The Morgan fingerprint density at radius 1 is 1.25 bits per heavy atom. The van der Waals surface area contributed by atoms with Crippen molar-refractivity contribution < 1.29 is 4.79 Å². The summed E-state index contributed by atoms with van der Waals surface area (Å²) in [5, 5.41) is 3.08. The van der Waals surface area contributed by atoms with E-state index in [0.717, 1.165) is 0 Å². The van der Waals surface area contributed by atoms with Crippen molar-refractivity contribution >= 4 is 18.3 Å². The van der Waals surface area contributed by atoms with Gasteiger partial charge in [0, 0.05) is 13.0 Å². The van der Waals surface area contributed by atoms with Gasteiger partial charge in [-0.15, -0.1) is 12.4 Å². The van der Waals surface area contributed by atoms with Crippen LogP contribution in [-0.2, 0) is 4.79 Å². The molecule has 2 unspecified atom stereocenters. The van der Waals surface area contributed by atoms with Gasteiger partial charge in [0.05, 0.1) is 5.54 Å². The second-order valence-corrected chi connectivity index (χ2v) is 5.84. The number of carbonyl (C=O) groups is 1.